The van der Waals surface area contributed by atoms with Crippen LogP contribution in [-0.4, -0.2) is 37.2 Å². The Balaban J connectivity index is 1.52. The van der Waals surface area contributed by atoms with Gasteiger partial charge in [-0.3, -0.25) is 4.90 Å². The molecule has 3 heteroatoms. The predicted octanol–water partition coefficient (Wildman–Crippen LogP) is 2.41. The first kappa shape index (κ1) is 12.9. The average molecular weight is 260 g/mol. The van der Waals surface area contributed by atoms with Gasteiger partial charge in [-0.1, -0.05) is 12.1 Å². The highest BCUT2D eigenvalue weighted by molar-refractivity contribution is 5.27. The first-order chi connectivity index (χ1) is 9.33. The Labute approximate surface area is 115 Å². The van der Waals surface area contributed by atoms with E-state index in [1.54, 1.807) is 7.11 Å². The van der Waals surface area contributed by atoms with Crippen molar-refractivity contribution in [2.75, 3.05) is 20.2 Å². The summed E-state index contributed by atoms with van der Waals surface area (Å²) in [6.45, 7) is 3.49. The molecule has 1 N–H and O–H groups in total. The van der Waals surface area contributed by atoms with E-state index in [0.717, 1.165) is 18.3 Å². The van der Waals surface area contributed by atoms with Crippen molar-refractivity contribution in [3.05, 3.63) is 29.8 Å². The van der Waals surface area contributed by atoms with Crippen LogP contribution in [0.3, 0.4) is 0 Å². The van der Waals surface area contributed by atoms with Crippen LogP contribution in [0.15, 0.2) is 24.3 Å². The van der Waals surface area contributed by atoms with E-state index < -0.39 is 0 Å². The molecule has 3 nitrogen and oxygen atoms in total. The van der Waals surface area contributed by atoms with Crippen molar-refractivity contribution < 1.29 is 4.74 Å². The van der Waals surface area contributed by atoms with E-state index in [2.05, 4.69) is 34.5 Å². The minimum absolute atomic E-state index is 0.708. The summed E-state index contributed by atoms with van der Waals surface area (Å²) in [5, 5.41) is 3.77. The molecular formula is C16H24N2O. The van der Waals surface area contributed by atoms with Gasteiger partial charge in [-0.05, 0) is 49.9 Å². The van der Waals surface area contributed by atoms with Gasteiger partial charge in [-0.25, -0.2) is 0 Å². The zero-order valence-corrected chi connectivity index (χ0v) is 11.8. The molecule has 2 fully saturated rings. The van der Waals surface area contributed by atoms with E-state index in [9.17, 15) is 0 Å². The molecule has 1 atom stereocenters. The van der Waals surface area contributed by atoms with Crippen LogP contribution in [0.1, 0.15) is 31.2 Å². The number of hydrogen-bond acceptors (Lipinski definition) is 3. The second-order valence-corrected chi connectivity index (χ2v) is 5.86. The molecule has 0 amide bonds. The lowest BCUT2D eigenvalue weighted by molar-refractivity contribution is 0.182. The SMILES string of the molecule is COc1ccc(CN2CCCC(NC3CC3)C2)cc1. The molecule has 1 saturated carbocycles. The second-order valence-electron chi connectivity index (χ2n) is 5.86. The van der Waals surface area contributed by atoms with E-state index in [-0.39, 0.29) is 0 Å². The molecule has 1 aromatic rings. The molecule has 3 rings (SSSR count). The Morgan fingerprint density at radius 1 is 1.16 bits per heavy atom. The van der Waals surface area contributed by atoms with Crippen molar-refractivity contribution in [2.45, 2.75) is 44.3 Å². The van der Waals surface area contributed by atoms with Crippen LogP contribution in [0.4, 0.5) is 0 Å². The maximum atomic E-state index is 5.20. The fourth-order valence-corrected chi connectivity index (χ4v) is 2.91. The number of methoxy groups -OCH3 is 1. The number of ether oxygens (including phenoxy) is 1. The quantitative estimate of drug-likeness (QED) is 0.880. The summed E-state index contributed by atoms with van der Waals surface area (Å²) in [5.74, 6) is 0.940. The molecule has 0 aromatic heterocycles. The van der Waals surface area contributed by atoms with Gasteiger partial charge in [-0.2, -0.15) is 0 Å². The number of rotatable bonds is 5. The first-order valence-corrected chi connectivity index (χ1v) is 7.45. The van der Waals surface area contributed by atoms with Gasteiger partial charge in [-0.15, -0.1) is 0 Å². The molecule has 1 aliphatic heterocycles. The van der Waals surface area contributed by atoms with Crippen LogP contribution in [0.25, 0.3) is 0 Å². The standard InChI is InChI=1S/C16H24N2O/c1-19-16-8-4-13(5-9-16)11-18-10-2-3-15(12-18)17-14-6-7-14/h4-5,8-9,14-15,17H,2-3,6-7,10-12H2,1H3. The van der Waals surface area contributed by atoms with Crippen LogP contribution in [0.2, 0.25) is 0 Å². The van der Waals surface area contributed by atoms with Gasteiger partial charge in [0.15, 0.2) is 0 Å². The van der Waals surface area contributed by atoms with Gasteiger partial charge in [0.2, 0.25) is 0 Å². The summed E-state index contributed by atoms with van der Waals surface area (Å²) < 4.78 is 5.20. The molecule has 0 radical (unpaired) electrons. The average Bonchev–Trinajstić information content (AvgIpc) is 3.24. The van der Waals surface area contributed by atoms with Crippen LogP contribution >= 0.6 is 0 Å². The lowest BCUT2D eigenvalue weighted by Gasteiger charge is -2.33. The highest BCUT2D eigenvalue weighted by Gasteiger charge is 2.27. The van der Waals surface area contributed by atoms with Crippen molar-refractivity contribution in [1.29, 1.82) is 0 Å². The van der Waals surface area contributed by atoms with Crippen molar-refractivity contribution in [2.24, 2.45) is 0 Å². The van der Waals surface area contributed by atoms with Crippen LogP contribution in [0, 0.1) is 0 Å². The molecule has 1 aliphatic carbocycles. The lowest BCUT2D eigenvalue weighted by Crippen LogP contribution is -2.46. The Bertz CT molecular complexity index is 400. The van der Waals surface area contributed by atoms with Gasteiger partial charge < -0.3 is 10.1 Å². The summed E-state index contributed by atoms with van der Waals surface area (Å²) >= 11 is 0. The van der Waals surface area contributed by atoms with Crippen LogP contribution in [-0.2, 0) is 6.54 Å². The third-order valence-electron chi connectivity index (χ3n) is 4.12. The smallest absolute Gasteiger partial charge is 0.118 e. The fraction of sp³-hybridized carbons (Fsp3) is 0.625. The highest BCUT2D eigenvalue weighted by atomic mass is 16.5. The molecule has 1 aromatic carbocycles. The van der Waals surface area contributed by atoms with Gasteiger partial charge in [0, 0.05) is 25.2 Å². The Kier molecular flexibility index (Phi) is 4.04. The van der Waals surface area contributed by atoms with E-state index in [0.29, 0.717) is 6.04 Å². The number of nitrogens with one attached hydrogen (secondary N) is 1. The minimum Gasteiger partial charge on any atom is -0.497 e. The van der Waals surface area contributed by atoms with E-state index in [1.807, 2.05) is 0 Å². The summed E-state index contributed by atoms with van der Waals surface area (Å²) in [6.07, 6.45) is 5.43. The molecule has 0 spiro atoms. The maximum Gasteiger partial charge on any atom is 0.118 e. The maximum absolute atomic E-state index is 5.20. The Hall–Kier alpha value is -1.06. The highest BCUT2D eigenvalue weighted by Crippen LogP contribution is 2.22. The zero-order valence-electron chi connectivity index (χ0n) is 11.8. The first-order valence-electron chi connectivity index (χ1n) is 7.45. The monoisotopic (exact) mass is 260 g/mol. The normalized spacial score (nSPS) is 24.4. The van der Waals surface area contributed by atoms with Gasteiger partial charge >= 0.3 is 0 Å². The van der Waals surface area contributed by atoms with Crippen molar-refractivity contribution in [3.63, 3.8) is 0 Å². The van der Waals surface area contributed by atoms with Crippen LogP contribution < -0.4 is 10.1 Å². The lowest BCUT2D eigenvalue weighted by atomic mass is 10.0. The summed E-state index contributed by atoms with van der Waals surface area (Å²) in [7, 11) is 1.72. The molecule has 1 saturated heterocycles. The third kappa shape index (κ3) is 3.71. The Morgan fingerprint density at radius 2 is 1.95 bits per heavy atom. The van der Waals surface area contributed by atoms with Crippen molar-refractivity contribution >= 4 is 0 Å². The zero-order chi connectivity index (χ0) is 13.1. The summed E-state index contributed by atoms with van der Waals surface area (Å²) in [6, 6.07) is 10.00. The number of likely N-dealkylation sites (tertiary alicyclic amines) is 1. The topological polar surface area (TPSA) is 24.5 Å². The predicted molar refractivity (Wildman–Crippen MR) is 77.5 cm³/mol. The fourth-order valence-electron chi connectivity index (χ4n) is 2.91. The number of piperidine rings is 1. The van der Waals surface area contributed by atoms with E-state index >= 15 is 0 Å². The Morgan fingerprint density at radius 3 is 2.63 bits per heavy atom. The van der Waals surface area contributed by atoms with Gasteiger partial charge in [0.1, 0.15) is 5.75 Å². The number of benzene rings is 1. The van der Waals surface area contributed by atoms with Crippen molar-refractivity contribution in [3.8, 4) is 5.75 Å². The molecule has 0 bridgehead atoms. The largest absolute Gasteiger partial charge is 0.497 e. The van der Waals surface area contributed by atoms with E-state index in [4.69, 9.17) is 4.74 Å². The minimum atomic E-state index is 0.708. The van der Waals surface area contributed by atoms with Gasteiger partial charge in [0.05, 0.1) is 7.11 Å². The number of nitrogens with zero attached hydrogens (tertiary/aromatic N) is 1. The van der Waals surface area contributed by atoms with Crippen molar-refractivity contribution in [1.82, 2.24) is 10.2 Å². The number of hydrogen-bond donors (Lipinski definition) is 1. The molecule has 104 valence electrons. The molecule has 1 unspecified atom stereocenters. The summed E-state index contributed by atoms with van der Waals surface area (Å²) in [4.78, 5) is 2.57. The molecule has 1 heterocycles. The molecule has 2 aliphatic rings. The van der Waals surface area contributed by atoms with Gasteiger partial charge in [0.25, 0.3) is 0 Å². The summed E-state index contributed by atoms with van der Waals surface area (Å²) in [5.41, 5.74) is 1.38. The molecule has 19 heavy (non-hydrogen) atoms. The van der Waals surface area contributed by atoms with E-state index in [1.165, 1.54) is 44.3 Å². The molecular weight excluding hydrogens is 236 g/mol. The van der Waals surface area contributed by atoms with Crippen LogP contribution in [0.5, 0.6) is 5.75 Å². The third-order valence-corrected chi connectivity index (χ3v) is 4.12. The second kappa shape index (κ2) is 5.93.